The first-order chi connectivity index (χ1) is 8.70. The highest BCUT2D eigenvalue weighted by molar-refractivity contribution is 5.89. The summed E-state index contributed by atoms with van der Waals surface area (Å²) < 4.78 is 0. The number of rotatable bonds is 4. The van der Waals surface area contributed by atoms with Crippen LogP contribution in [0.15, 0.2) is 0 Å². The molecule has 0 spiro atoms. The summed E-state index contributed by atoms with van der Waals surface area (Å²) in [6.45, 7) is 6.23. The Balaban J connectivity index is 1.86. The molecule has 0 bridgehead atoms. The number of piperidine rings is 1. The molecule has 102 valence electrons. The van der Waals surface area contributed by atoms with E-state index in [9.17, 15) is 9.59 Å². The standard InChI is InChI=1S/C13H23N3O2/c1-2-16(9-10-3-5-14-6-4-10)13(18)11-7-12(17)15-8-11/h10-11,14H,2-9H2,1H3,(H,15,17). The SMILES string of the molecule is CCN(CC1CCNCC1)C(=O)C1CNC(=O)C1. The molecule has 18 heavy (non-hydrogen) atoms. The highest BCUT2D eigenvalue weighted by Gasteiger charge is 2.31. The molecule has 2 fully saturated rings. The van der Waals surface area contributed by atoms with Gasteiger partial charge in [0.05, 0.1) is 5.92 Å². The molecule has 2 rings (SSSR count). The largest absolute Gasteiger partial charge is 0.355 e. The van der Waals surface area contributed by atoms with Crippen molar-refractivity contribution in [2.45, 2.75) is 26.2 Å². The third kappa shape index (κ3) is 3.22. The first-order valence-corrected chi connectivity index (χ1v) is 6.97. The molecular weight excluding hydrogens is 230 g/mol. The monoisotopic (exact) mass is 253 g/mol. The number of amides is 2. The molecular formula is C13H23N3O2. The summed E-state index contributed by atoms with van der Waals surface area (Å²) in [6.07, 6.45) is 2.65. The molecule has 2 aliphatic rings. The molecule has 5 heteroatoms. The van der Waals surface area contributed by atoms with Crippen LogP contribution in [0.3, 0.4) is 0 Å². The minimum Gasteiger partial charge on any atom is -0.355 e. The Kier molecular flexibility index (Phi) is 4.58. The van der Waals surface area contributed by atoms with E-state index in [4.69, 9.17) is 0 Å². The molecule has 0 aliphatic carbocycles. The van der Waals surface area contributed by atoms with Crippen LogP contribution in [0.4, 0.5) is 0 Å². The van der Waals surface area contributed by atoms with Crippen molar-refractivity contribution in [1.29, 1.82) is 0 Å². The van der Waals surface area contributed by atoms with Crippen LogP contribution in [0, 0.1) is 11.8 Å². The molecule has 1 unspecified atom stereocenters. The predicted octanol–water partition coefficient (Wildman–Crippen LogP) is -0.0294. The normalized spacial score (nSPS) is 24.9. The van der Waals surface area contributed by atoms with E-state index in [0.29, 0.717) is 18.9 Å². The van der Waals surface area contributed by atoms with Gasteiger partial charge in [0, 0.05) is 26.1 Å². The molecule has 0 radical (unpaired) electrons. The van der Waals surface area contributed by atoms with Gasteiger partial charge in [-0.2, -0.15) is 0 Å². The fourth-order valence-electron chi connectivity index (χ4n) is 2.79. The second kappa shape index (κ2) is 6.18. The minimum absolute atomic E-state index is 0.00581. The topological polar surface area (TPSA) is 61.4 Å². The van der Waals surface area contributed by atoms with Crippen LogP contribution in [0.5, 0.6) is 0 Å². The van der Waals surface area contributed by atoms with Crippen LogP contribution in [0.2, 0.25) is 0 Å². The average Bonchev–Trinajstić information content (AvgIpc) is 2.83. The van der Waals surface area contributed by atoms with Gasteiger partial charge >= 0.3 is 0 Å². The molecule has 2 amide bonds. The highest BCUT2D eigenvalue weighted by atomic mass is 16.2. The summed E-state index contributed by atoms with van der Waals surface area (Å²) in [5.74, 6) is 0.625. The maximum absolute atomic E-state index is 12.3. The maximum atomic E-state index is 12.3. The highest BCUT2D eigenvalue weighted by Crippen LogP contribution is 2.17. The van der Waals surface area contributed by atoms with Crippen LogP contribution >= 0.6 is 0 Å². The van der Waals surface area contributed by atoms with Gasteiger partial charge in [0.1, 0.15) is 0 Å². The zero-order valence-corrected chi connectivity index (χ0v) is 11.1. The Morgan fingerprint density at radius 3 is 2.67 bits per heavy atom. The van der Waals surface area contributed by atoms with Crippen molar-refractivity contribution in [3.63, 3.8) is 0 Å². The smallest absolute Gasteiger partial charge is 0.227 e. The first kappa shape index (κ1) is 13.3. The lowest BCUT2D eigenvalue weighted by Crippen LogP contribution is -2.42. The summed E-state index contributed by atoms with van der Waals surface area (Å²) in [6, 6.07) is 0. The summed E-state index contributed by atoms with van der Waals surface area (Å²) in [5, 5.41) is 6.07. The average molecular weight is 253 g/mol. The van der Waals surface area contributed by atoms with Gasteiger partial charge < -0.3 is 15.5 Å². The van der Waals surface area contributed by atoms with Gasteiger partial charge in [-0.1, -0.05) is 0 Å². The van der Waals surface area contributed by atoms with Crippen LogP contribution in [-0.4, -0.2) is 49.4 Å². The second-order valence-electron chi connectivity index (χ2n) is 5.28. The number of carbonyl (C=O) groups excluding carboxylic acids is 2. The Hall–Kier alpha value is -1.10. The number of hydrogen-bond donors (Lipinski definition) is 2. The van der Waals surface area contributed by atoms with Crippen molar-refractivity contribution >= 4 is 11.8 Å². The molecule has 0 aromatic carbocycles. The van der Waals surface area contributed by atoms with Crippen LogP contribution < -0.4 is 10.6 Å². The zero-order valence-electron chi connectivity index (χ0n) is 11.1. The number of hydrogen-bond acceptors (Lipinski definition) is 3. The van der Waals surface area contributed by atoms with E-state index in [1.165, 1.54) is 0 Å². The molecule has 2 saturated heterocycles. The van der Waals surface area contributed by atoms with Gasteiger partial charge in [-0.3, -0.25) is 9.59 Å². The molecule has 0 saturated carbocycles. The van der Waals surface area contributed by atoms with Gasteiger partial charge in [0.25, 0.3) is 0 Å². The van der Waals surface area contributed by atoms with E-state index in [0.717, 1.165) is 39.0 Å². The van der Waals surface area contributed by atoms with Gasteiger partial charge in [0.15, 0.2) is 0 Å². The third-order valence-electron chi connectivity index (χ3n) is 3.96. The summed E-state index contributed by atoms with van der Waals surface area (Å²) >= 11 is 0. The minimum atomic E-state index is -0.140. The van der Waals surface area contributed by atoms with E-state index in [1.54, 1.807) is 0 Å². The summed E-state index contributed by atoms with van der Waals surface area (Å²) in [7, 11) is 0. The third-order valence-corrected chi connectivity index (χ3v) is 3.96. The van der Waals surface area contributed by atoms with Crippen molar-refractivity contribution in [2.75, 3.05) is 32.7 Å². The zero-order chi connectivity index (χ0) is 13.0. The van der Waals surface area contributed by atoms with Crippen molar-refractivity contribution < 1.29 is 9.59 Å². The molecule has 0 aromatic rings. The molecule has 2 aliphatic heterocycles. The second-order valence-corrected chi connectivity index (χ2v) is 5.28. The van der Waals surface area contributed by atoms with Crippen molar-refractivity contribution in [3.05, 3.63) is 0 Å². The van der Waals surface area contributed by atoms with Crippen LogP contribution in [0.1, 0.15) is 26.2 Å². The maximum Gasteiger partial charge on any atom is 0.227 e. The van der Waals surface area contributed by atoms with E-state index in [-0.39, 0.29) is 17.7 Å². The van der Waals surface area contributed by atoms with E-state index < -0.39 is 0 Å². The van der Waals surface area contributed by atoms with Gasteiger partial charge in [-0.15, -0.1) is 0 Å². The summed E-state index contributed by atoms with van der Waals surface area (Å²) in [5.41, 5.74) is 0. The molecule has 2 heterocycles. The number of nitrogens with one attached hydrogen (secondary N) is 2. The van der Waals surface area contributed by atoms with Crippen molar-refractivity contribution in [1.82, 2.24) is 15.5 Å². The van der Waals surface area contributed by atoms with E-state index in [1.807, 2.05) is 11.8 Å². The fourth-order valence-corrected chi connectivity index (χ4v) is 2.79. The molecule has 0 aromatic heterocycles. The Labute approximate surface area is 108 Å². The van der Waals surface area contributed by atoms with Crippen molar-refractivity contribution in [2.24, 2.45) is 11.8 Å². The summed E-state index contributed by atoms with van der Waals surface area (Å²) in [4.78, 5) is 25.4. The van der Waals surface area contributed by atoms with E-state index in [2.05, 4.69) is 10.6 Å². The number of carbonyl (C=O) groups is 2. The molecule has 5 nitrogen and oxygen atoms in total. The Morgan fingerprint density at radius 1 is 1.39 bits per heavy atom. The first-order valence-electron chi connectivity index (χ1n) is 6.97. The van der Waals surface area contributed by atoms with Gasteiger partial charge in [-0.25, -0.2) is 0 Å². The van der Waals surface area contributed by atoms with E-state index >= 15 is 0 Å². The predicted molar refractivity (Wildman–Crippen MR) is 69.0 cm³/mol. The van der Waals surface area contributed by atoms with Gasteiger partial charge in [-0.05, 0) is 38.8 Å². The lowest BCUT2D eigenvalue weighted by atomic mass is 9.96. The van der Waals surface area contributed by atoms with Crippen LogP contribution in [0.25, 0.3) is 0 Å². The fraction of sp³-hybridized carbons (Fsp3) is 0.846. The molecule has 2 N–H and O–H groups in total. The molecule has 1 atom stereocenters. The van der Waals surface area contributed by atoms with Gasteiger partial charge in [0.2, 0.25) is 11.8 Å². The Bertz CT molecular complexity index is 313. The lowest BCUT2D eigenvalue weighted by Gasteiger charge is -2.30. The van der Waals surface area contributed by atoms with Crippen molar-refractivity contribution in [3.8, 4) is 0 Å². The Morgan fingerprint density at radius 2 is 2.11 bits per heavy atom. The quantitative estimate of drug-likeness (QED) is 0.739. The lowest BCUT2D eigenvalue weighted by molar-refractivity contribution is -0.136. The number of nitrogens with zero attached hydrogens (tertiary/aromatic N) is 1. The van der Waals surface area contributed by atoms with Crippen LogP contribution in [-0.2, 0) is 9.59 Å².